The van der Waals surface area contributed by atoms with E-state index in [1.165, 1.54) is 11.1 Å². The standard InChI is InChI=1S/C11H9BrN/c12-11-4-2-1-3-10(11)9-5-7-13-8-6-9/h1-8,13H. The number of allylic oxidation sites excluding steroid dienone is 2. The lowest BCUT2D eigenvalue weighted by Crippen LogP contribution is -2.02. The molecule has 13 heavy (non-hydrogen) atoms. The van der Waals surface area contributed by atoms with Gasteiger partial charge in [0.15, 0.2) is 0 Å². The molecule has 1 radical (unpaired) electrons. The normalized spacial score (nSPS) is 15.0. The van der Waals surface area contributed by atoms with Gasteiger partial charge >= 0.3 is 0 Å². The Kier molecular flexibility index (Phi) is 2.50. The minimum atomic E-state index is 1.13. The molecule has 1 aliphatic heterocycles. The third kappa shape index (κ3) is 1.83. The average Bonchev–Trinajstić information content (AvgIpc) is 2.20. The van der Waals surface area contributed by atoms with Gasteiger partial charge in [-0.2, -0.15) is 0 Å². The molecule has 65 valence electrons. The van der Waals surface area contributed by atoms with Crippen molar-refractivity contribution in [3.63, 3.8) is 0 Å². The van der Waals surface area contributed by atoms with Crippen molar-refractivity contribution in [2.45, 2.75) is 0 Å². The maximum absolute atomic E-state index is 3.52. The van der Waals surface area contributed by atoms with E-state index in [1.54, 1.807) is 0 Å². The van der Waals surface area contributed by atoms with Crippen LogP contribution in [-0.4, -0.2) is 0 Å². The molecule has 0 amide bonds. The third-order valence-electron chi connectivity index (χ3n) is 1.90. The van der Waals surface area contributed by atoms with Gasteiger partial charge in [0.1, 0.15) is 0 Å². The van der Waals surface area contributed by atoms with Crippen molar-refractivity contribution in [1.29, 1.82) is 0 Å². The van der Waals surface area contributed by atoms with Crippen LogP contribution in [0.25, 0.3) is 5.57 Å². The molecule has 1 aromatic rings. The van der Waals surface area contributed by atoms with Gasteiger partial charge in [-0.25, -0.2) is 0 Å². The third-order valence-corrected chi connectivity index (χ3v) is 2.59. The van der Waals surface area contributed by atoms with Crippen molar-refractivity contribution >= 4 is 21.5 Å². The van der Waals surface area contributed by atoms with E-state index in [0.717, 1.165) is 4.47 Å². The zero-order chi connectivity index (χ0) is 9.10. The molecule has 0 spiro atoms. The van der Waals surface area contributed by atoms with E-state index in [0.29, 0.717) is 0 Å². The second-order valence-corrected chi connectivity index (χ2v) is 3.62. The molecule has 0 aromatic heterocycles. The Morgan fingerprint density at radius 1 is 1.15 bits per heavy atom. The zero-order valence-electron chi connectivity index (χ0n) is 7.00. The first-order chi connectivity index (χ1) is 6.38. The van der Waals surface area contributed by atoms with Crippen LogP contribution in [0.3, 0.4) is 0 Å². The highest BCUT2D eigenvalue weighted by Gasteiger charge is 2.03. The molecule has 0 unspecified atom stereocenters. The molecule has 0 fully saturated rings. The summed E-state index contributed by atoms with van der Waals surface area (Å²) in [5.74, 6) is 0. The lowest BCUT2D eigenvalue weighted by atomic mass is 10.0. The van der Waals surface area contributed by atoms with Gasteiger partial charge in [-0.1, -0.05) is 40.2 Å². The fourth-order valence-electron chi connectivity index (χ4n) is 1.26. The van der Waals surface area contributed by atoms with E-state index in [4.69, 9.17) is 0 Å². The lowest BCUT2D eigenvalue weighted by molar-refractivity contribution is 1.10. The van der Waals surface area contributed by atoms with E-state index in [9.17, 15) is 0 Å². The number of dihydropyridines is 1. The van der Waals surface area contributed by atoms with Crippen LogP contribution in [0, 0.1) is 6.54 Å². The Labute approximate surface area is 86.3 Å². The molecular formula is C11H9BrN. The van der Waals surface area contributed by atoms with Crippen molar-refractivity contribution in [2.24, 2.45) is 0 Å². The Balaban J connectivity index is 2.40. The smallest absolute Gasteiger partial charge is 0.0685 e. The Hall–Kier alpha value is -1.02. The van der Waals surface area contributed by atoms with Gasteiger partial charge in [-0.15, -0.1) is 0 Å². The van der Waals surface area contributed by atoms with Crippen LogP contribution >= 0.6 is 15.9 Å². The average molecular weight is 235 g/mol. The number of benzene rings is 1. The zero-order valence-corrected chi connectivity index (χ0v) is 8.58. The van der Waals surface area contributed by atoms with E-state index in [1.807, 2.05) is 30.9 Å². The topological polar surface area (TPSA) is 12.0 Å². The first-order valence-corrected chi connectivity index (χ1v) is 4.88. The van der Waals surface area contributed by atoms with E-state index in [-0.39, 0.29) is 0 Å². The van der Waals surface area contributed by atoms with Gasteiger partial charge in [-0.05, 0) is 29.5 Å². The highest BCUT2D eigenvalue weighted by molar-refractivity contribution is 9.10. The minimum absolute atomic E-state index is 1.13. The van der Waals surface area contributed by atoms with Crippen LogP contribution < -0.4 is 5.32 Å². The summed E-state index contributed by atoms with van der Waals surface area (Å²) in [5.41, 5.74) is 2.43. The Bertz CT molecular complexity index is 366. The fourth-order valence-corrected chi connectivity index (χ4v) is 1.78. The summed E-state index contributed by atoms with van der Waals surface area (Å²) in [4.78, 5) is 0. The summed E-state index contributed by atoms with van der Waals surface area (Å²) in [5, 5.41) is 3.01. The molecule has 1 N–H and O–H groups in total. The second-order valence-electron chi connectivity index (χ2n) is 2.77. The largest absolute Gasteiger partial charge is 0.382 e. The van der Waals surface area contributed by atoms with Crippen molar-refractivity contribution in [3.8, 4) is 0 Å². The number of rotatable bonds is 1. The van der Waals surface area contributed by atoms with E-state index in [2.05, 4.69) is 39.5 Å². The summed E-state index contributed by atoms with van der Waals surface area (Å²) in [7, 11) is 0. The van der Waals surface area contributed by atoms with Gasteiger partial charge in [0.2, 0.25) is 0 Å². The SMILES string of the molecule is Brc1ccccc1C1=C[CH]NC=C1. The predicted octanol–water partition coefficient (Wildman–Crippen LogP) is 3.11. The van der Waals surface area contributed by atoms with Gasteiger partial charge in [0, 0.05) is 4.47 Å². The van der Waals surface area contributed by atoms with E-state index >= 15 is 0 Å². The first kappa shape index (κ1) is 8.57. The monoisotopic (exact) mass is 234 g/mol. The first-order valence-electron chi connectivity index (χ1n) is 4.09. The van der Waals surface area contributed by atoms with Crippen molar-refractivity contribution < 1.29 is 0 Å². The molecule has 0 saturated heterocycles. The maximum atomic E-state index is 3.52. The molecule has 1 heterocycles. The number of nitrogens with one attached hydrogen (secondary N) is 1. The molecule has 2 rings (SSSR count). The van der Waals surface area contributed by atoms with Crippen molar-refractivity contribution in [1.82, 2.24) is 5.32 Å². The molecule has 0 bridgehead atoms. The summed E-state index contributed by atoms with van der Waals surface area (Å²) in [6.07, 6.45) is 6.04. The molecular weight excluding hydrogens is 226 g/mol. The quantitative estimate of drug-likeness (QED) is 0.788. The van der Waals surface area contributed by atoms with Gasteiger partial charge in [-0.3, -0.25) is 0 Å². The van der Waals surface area contributed by atoms with Crippen LogP contribution in [0.5, 0.6) is 0 Å². The summed E-state index contributed by atoms with van der Waals surface area (Å²) in [6, 6.07) is 8.20. The molecule has 1 nitrogen and oxygen atoms in total. The highest BCUT2D eigenvalue weighted by Crippen LogP contribution is 2.25. The van der Waals surface area contributed by atoms with Crippen LogP contribution in [0.2, 0.25) is 0 Å². The van der Waals surface area contributed by atoms with Gasteiger partial charge < -0.3 is 5.32 Å². The van der Waals surface area contributed by atoms with E-state index < -0.39 is 0 Å². The van der Waals surface area contributed by atoms with Gasteiger partial charge in [0.05, 0.1) is 6.54 Å². The van der Waals surface area contributed by atoms with Gasteiger partial charge in [0.25, 0.3) is 0 Å². The summed E-state index contributed by atoms with van der Waals surface area (Å²) < 4.78 is 1.13. The molecule has 0 saturated carbocycles. The minimum Gasteiger partial charge on any atom is -0.382 e. The van der Waals surface area contributed by atoms with Crippen LogP contribution in [-0.2, 0) is 0 Å². The molecule has 0 aliphatic carbocycles. The number of halogens is 1. The molecule has 0 atom stereocenters. The lowest BCUT2D eigenvalue weighted by Gasteiger charge is -2.09. The second kappa shape index (κ2) is 3.79. The Morgan fingerprint density at radius 3 is 2.69 bits per heavy atom. The highest BCUT2D eigenvalue weighted by atomic mass is 79.9. The van der Waals surface area contributed by atoms with Crippen LogP contribution in [0.1, 0.15) is 5.56 Å². The molecule has 2 heteroatoms. The van der Waals surface area contributed by atoms with Crippen LogP contribution in [0.4, 0.5) is 0 Å². The van der Waals surface area contributed by atoms with Crippen molar-refractivity contribution in [2.75, 3.05) is 0 Å². The molecule has 1 aliphatic rings. The molecule has 1 aromatic carbocycles. The number of hydrogen-bond acceptors (Lipinski definition) is 1. The predicted molar refractivity (Wildman–Crippen MR) is 58.7 cm³/mol. The maximum Gasteiger partial charge on any atom is 0.0685 e. The Morgan fingerprint density at radius 2 is 2.00 bits per heavy atom. The fraction of sp³-hybridized carbons (Fsp3) is 0. The summed E-state index contributed by atoms with van der Waals surface area (Å²) in [6.45, 7) is 1.93. The summed E-state index contributed by atoms with van der Waals surface area (Å²) >= 11 is 3.52. The number of hydrogen-bond donors (Lipinski definition) is 1. The van der Waals surface area contributed by atoms with Crippen molar-refractivity contribution in [3.05, 3.63) is 59.2 Å². The van der Waals surface area contributed by atoms with Crippen LogP contribution in [0.15, 0.2) is 47.1 Å².